The van der Waals surface area contributed by atoms with Crippen LogP contribution in [-0.2, 0) is 0 Å². The highest BCUT2D eigenvalue weighted by molar-refractivity contribution is 5.42. The maximum absolute atomic E-state index is 13.5. The molecule has 0 saturated heterocycles. The van der Waals surface area contributed by atoms with Gasteiger partial charge in [-0.1, -0.05) is 6.07 Å². The summed E-state index contributed by atoms with van der Waals surface area (Å²) in [6.45, 7) is 3.44. The summed E-state index contributed by atoms with van der Waals surface area (Å²) in [5.41, 5.74) is 1.84. The van der Waals surface area contributed by atoms with E-state index in [9.17, 15) is 4.39 Å². The summed E-state index contributed by atoms with van der Waals surface area (Å²) >= 11 is 0. The molecule has 1 aromatic carbocycles. The Morgan fingerprint density at radius 3 is 2.71 bits per heavy atom. The van der Waals surface area contributed by atoms with Gasteiger partial charge in [0.25, 0.3) is 0 Å². The van der Waals surface area contributed by atoms with E-state index >= 15 is 0 Å². The van der Waals surface area contributed by atoms with Crippen LogP contribution in [-0.4, -0.2) is 20.2 Å². The molecule has 0 unspecified atom stereocenters. The lowest BCUT2D eigenvalue weighted by atomic mass is 10.1. The van der Waals surface area contributed by atoms with Gasteiger partial charge in [-0.05, 0) is 35.9 Å². The van der Waals surface area contributed by atoms with E-state index in [0.717, 1.165) is 0 Å². The zero-order chi connectivity index (χ0) is 10.1. The molecule has 0 aliphatic carbocycles. The smallest absolute Gasteiger partial charge is 0.143 e. The molecule has 72 valence electrons. The fraction of sp³-hybridized carbons (Fsp3) is 0.222. The summed E-state index contributed by atoms with van der Waals surface area (Å²) in [6.07, 6.45) is 1.44. The van der Waals surface area contributed by atoms with E-state index in [-0.39, 0.29) is 5.82 Å². The molecule has 5 heteroatoms. The fourth-order valence-corrected chi connectivity index (χ4v) is 1.33. The summed E-state index contributed by atoms with van der Waals surface area (Å²) in [5.74, 6) is -0.210. The van der Waals surface area contributed by atoms with Crippen molar-refractivity contribution < 1.29 is 4.39 Å². The Morgan fingerprint density at radius 2 is 2.07 bits per heavy atom. The molecule has 2 rings (SSSR count). The monoisotopic (exact) mass is 192 g/mol. The Balaban J connectivity index is 2.61. The topological polar surface area (TPSA) is 43.6 Å². The normalized spacial score (nSPS) is 10.5. The molecule has 0 spiro atoms. The summed E-state index contributed by atoms with van der Waals surface area (Å²) in [4.78, 5) is 0. The number of nitrogens with zero attached hydrogens (tertiary/aromatic N) is 4. The molecule has 2 aromatic rings. The third-order valence-corrected chi connectivity index (χ3v) is 2.15. The molecule has 0 N–H and O–H groups in total. The third-order valence-electron chi connectivity index (χ3n) is 2.15. The predicted molar refractivity (Wildman–Crippen MR) is 48.6 cm³/mol. The largest absolute Gasteiger partial charge is 0.206 e. The van der Waals surface area contributed by atoms with Crippen molar-refractivity contribution in [3.63, 3.8) is 0 Å². The van der Waals surface area contributed by atoms with Crippen LogP contribution in [0.5, 0.6) is 0 Å². The Morgan fingerprint density at radius 1 is 1.29 bits per heavy atom. The van der Waals surface area contributed by atoms with Crippen molar-refractivity contribution in [3.05, 3.63) is 35.4 Å². The minimum absolute atomic E-state index is 0.210. The second-order valence-corrected chi connectivity index (χ2v) is 3.09. The maximum atomic E-state index is 13.5. The Labute approximate surface area is 80.4 Å². The van der Waals surface area contributed by atoms with Crippen LogP contribution in [0.15, 0.2) is 18.5 Å². The van der Waals surface area contributed by atoms with E-state index < -0.39 is 0 Å². The first-order valence-corrected chi connectivity index (χ1v) is 4.19. The van der Waals surface area contributed by atoms with E-state index in [1.807, 2.05) is 0 Å². The number of aromatic nitrogens is 4. The SMILES string of the molecule is Cc1ccc(-n2cnnn2)c(C)c1F. The van der Waals surface area contributed by atoms with Crippen molar-refractivity contribution in [1.29, 1.82) is 0 Å². The highest BCUT2D eigenvalue weighted by atomic mass is 19.1. The van der Waals surface area contributed by atoms with E-state index in [0.29, 0.717) is 16.8 Å². The molecular weight excluding hydrogens is 183 g/mol. The molecule has 0 atom stereocenters. The first-order valence-electron chi connectivity index (χ1n) is 4.19. The minimum atomic E-state index is -0.210. The first-order chi connectivity index (χ1) is 6.70. The molecule has 0 bridgehead atoms. The summed E-state index contributed by atoms with van der Waals surface area (Å²) in [5, 5.41) is 10.7. The van der Waals surface area contributed by atoms with Crippen molar-refractivity contribution in [3.8, 4) is 5.69 Å². The van der Waals surface area contributed by atoms with Crippen molar-refractivity contribution in [2.24, 2.45) is 0 Å². The Kier molecular flexibility index (Phi) is 1.99. The predicted octanol–water partition coefficient (Wildman–Crippen LogP) is 1.42. The van der Waals surface area contributed by atoms with Crippen LogP contribution in [0.2, 0.25) is 0 Å². The number of aryl methyl sites for hydroxylation is 1. The lowest BCUT2D eigenvalue weighted by Gasteiger charge is -2.06. The molecule has 1 aromatic heterocycles. The van der Waals surface area contributed by atoms with Gasteiger partial charge in [0.2, 0.25) is 0 Å². The molecule has 0 radical (unpaired) electrons. The van der Waals surface area contributed by atoms with Crippen molar-refractivity contribution >= 4 is 0 Å². The molecule has 0 aliphatic rings. The number of tetrazole rings is 1. The maximum Gasteiger partial charge on any atom is 0.143 e. The van der Waals surface area contributed by atoms with Crippen LogP contribution < -0.4 is 0 Å². The van der Waals surface area contributed by atoms with Gasteiger partial charge >= 0.3 is 0 Å². The average Bonchev–Trinajstić information content (AvgIpc) is 2.67. The average molecular weight is 192 g/mol. The number of hydrogen-bond acceptors (Lipinski definition) is 3. The van der Waals surface area contributed by atoms with Gasteiger partial charge in [0, 0.05) is 5.56 Å². The lowest BCUT2D eigenvalue weighted by molar-refractivity contribution is 0.605. The number of benzene rings is 1. The zero-order valence-corrected chi connectivity index (χ0v) is 7.90. The molecule has 14 heavy (non-hydrogen) atoms. The van der Waals surface area contributed by atoms with E-state index in [1.54, 1.807) is 26.0 Å². The summed E-state index contributed by atoms with van der Waals surface area (Å²) < 4.78 is 14.9. The summed E-state index contributed by atoms with van der Waals surface area (Å²) in [6, 6.07) is 3.50. The van der Waals surface area contributed by atoms with E-state index in [2.05, 4.69) is 15.5 Å². The zero-order valence-electron chi connectivity index (χ0n) is 7.90. The van der Waals surface area contributed by atoms with Crippen LogP contribution in [0, 0.1) is 19.7 Å². The molecule has 0 aliphatic heterocycles. The van der Waals surface area contributed by atoms with Crippen molar-refractivity contribution in [2.45, 2.75) is 13.8 Å². The van der Waals surface area contributed by atoms with E-state index in [4.69, 9.17) is 0 Å². The minimum Gasteiger partial charge on any atom is -0.206 e. The lowest BCUT2D eigenvalue weighted by Crippen LogP contribution is -2.01. The number of halogens is 1. The number of rotatable bonds is 1. The second kappa shape index (κ2) is 3.17. The van der Waals surface area contributed by atoms with Crippen LogP contribution >= 0.6 is 0 Å². The van der Waals surface area contributed by atoms with Crippen LogP contribution in [0.25, 0.3) is 5.69 Å². The van der Waals surface area contributed by atoms with Crippen molar-refractivity contribution in [2.75, 3.05) is 0 Å². The molecule has 4 nitrogen and oxygen atoms in total. The van der Waals surface area contributed by atoms with Crippen LogP contribution in [0.3, 0.4) is 0 Å². The van der Waals surface area contributed by atoms with Gasteiger partial charge in [-0.25, -0.2) is 9.07 Å². The summed E-state index contributed by atoms with van der Waals surface area (Å²) in [7, 11) is 0. The first kappa shape index (κ1) is 8.80. The van der Waals surface area contributed by atoms with Gasteiger partial charge < -0.3 is 0 Å². The van der Waals surface area contributed by atoms with Crippen LogP contribution in [0.4, 0.5) is 4.39 Å². The molecule has 0 saturated carbocycles. The van der Waals surface area contributed by atoms with Crippen molar-refractivity contribution in [1.82, 2.24) is 20.2 Å². The van der Waals surface area contributed by atoms with Gasteiger partial charge in [-0.15, -0.1) is 5.10 Å². The van der Waals surface area contributed by atoms with Gasteiger partial charge in [0.1, 0.15) is 12.1 Å². The third kappa shape index (κ3) is 1.26. The molecule has 1 heterocycles. The molecule has 0 fully saturated rings. The quantitative estimate of drug-likeness (QED) is 0.686. The highest BCUT2D eigenvalue weighted by Crippen LogP contribution is 2.18. The van der Waals surface area contributed by atoms with Gasteiger partial charge in [0.05, 0.1) is 5.69 Å². The molecule has 0 amide bonds. The second-order valence-electron chi connectivity index (χ2n) is 3.09. The Hall–Kier alpha value is -1.78. The fourth-order valence-electron chi connectivity index (χ4n) is 1.33. The van der Waals surface area contributed by atoms with Gasteiger partial charge in [-0.2, -0.15) is 0 Å². The van der Waals surface area contributed by atoms with Gasteiger partial charge in [-0.3, -0.25) is 0 Å². The number of hydrogen-bond donors (Lipinski definition) is 0. The standard InChI is InChI=1S/C9H9FN4/c1-6-3-4-8(7(2)9(6)10)14-5-11-12-13-14/h3-5H,1-2H3. The van der Waals surface area contributed by atoms with E-state index in [1.165, 1.54) is 11.0 Å². The Bertz CT molecular complexity index is 450. The van der Waals surface area contributed by atoms with Gasteiger partial charge in [0.15, 0.2) is 0 Å². The molecular formula is C9H9FN4. The van der Waals surface area contributed by atoms with Crippen LogP contribution in [0.1, 0.15) is 11.1 Å². The highest BCUT2D eigenvalue weighted by Gasteiger charge is 2.08.